The quantitative estimate of drug-likeness (QED) is 0.634. The first kappa shape index (κ1) is 19.0. The number of nitrogens with zero attached hydrogens (tertiary/aromatic N) is 2. The molecule has 2 atom stereocenters. The largest absolute Gasteiger partial charge is 0.449 e. The molecular formula is C16H21N3O3S. The summed E-state index contributed by atoms with van der Waals surface area (Å²) in [6.07, 6.45) is 2.37. The van der Waals surface area contributed by atoms with Crippen LogP contribution in [0.15, 0.2) is 23.4 Å². The summed E-state index contributed by atoms with van der Waals surface area (Å²) < 4.78 is 5.20. The van der Waals surface area contributed by atoms with Gasteiger partial charge >= 0.3 is 5.97 Å². The summed E-state index contributed by atoms with van der Waals surface area (Å²) in [4.78, 5) is 28.5. The number of rotatable bonds is 6. The molecule has 0 saturated heterocycles. The first-order valence-corrected chi connectivity index (χ1v) is 8.41. The third-order valence-electron chi connectivity index (χ3n) is 3.61. The van der Waals surface area contributed by atoms with E-state index in [1.54, 1.807) is 31.5 Å². The third-order valence-corrected chi connectivity index (χ3v) is 4.32. The lowest BCUT2D eigenvalue weighted by Crippen LogP contribution is -2.52. The molecule has 1 aromatic rings. The molecule has 23 heavy (non-hydrogen) atoms. The molecule has 124 valence electrons. The first-order valence-electron chi connectivity index (χ1n) is 7.18. The lowest BCUT2D eigenvalue weighted by molar-refractivity contribution is -0.130. The Morgan fingerprint density at radius 2 is 2.09 bits per heavy atom. The standard InChI is InChI=1S/C16H21N3O3S/c1-10(2)16(4,9-17)19-13(20)11(3)22-15(21)12-7-6-8-18-14(12)23-5/h6-8,10-11H,1-5H3,(H,19,20). The van der Waals surface area contributed by atoms with Crippen LogP contribution in [0.3, 0.4) is 0 Å². The minimum atomic E-state index is -1.02. The van der Waals surface area contributed by atoms with E-state index in [0.717, 1.165) is 0 Å². The topological polar surface area (TPSA) is 92.1 Å². The van der Waals surface area contributed by atoms with Gasteiger partial charge in [0.15, 0.2) is 6.10 Å². The average Bonchev–Trinajstić information content (AvgIpc) is 2.54. The summed E-state index contributed by atoms with van der Waals surface area (Å²) in [6.45, 7) is 6.78. The fourth-order valence-electron chi connectivity index (χ4n) is 1.65. The lowest BCUT2D eigenvalue weighted by Gasteiger charge is -2.28. The summed E-state index contributed by atoms with van der Waals surface area (Å²) in [5.41, 5.74) is -0.706. The Kier molecular flexibility index (Phi) is 6.58. The van der Waals surface area contributed by atoms with Gasteiger partial charge in [-0.05, 0) is 38.2 Å². The van der Waals surface area contributed by atoms with Crippen molar-refractivity contribution in [2.24, 2.45) is 5.92 Å². The summed E-state index contributed by atoms with van der Waals surface area (Å²) >= 11 is 1.32. The maximum absolute atomic E-state index is 12.2. The molecule has 0 aromatic carbocycles. The zero-order chi connectivity index (χ0) is 17.6. The molecule has 1 amide bonds. The van der Waals surface area contributed by atoms with Crippen LogP contribution in [0.2, 0.25) is 0 Å². The van der Waals surface area contributed by atoms with Gasteiger partial charge in [0.2, 0.25) is 0 Å². The number of amides is 1. The molecule has 1 N–H and O–H groups in total. The molecule has 0 bridgehead atoms. The van der Waals surface area contributed by atoms with Crippen molar-refractivity contribution in [1.29, 1.82) is 5.26 Å². The summed E-state index contributed by atoms with van der Waals surface area (Å²) in [6, 6.07) is 5.31. The Morgan fingerprint density at radius 1 is 1.43 bits per heavy atom. The van der Waals surface area contributed by atoms with Crippen LogP contribution in [-0.2, 0) is 9.53 Å². The van der Waals surface area contributed by atoms with E-state index in [1.165, 1.54) is 18.7 Å². The van der Waals surface area contributed by atoms with Crippen LogP contribution < -0.4 is 5.32 Å². The van der Waals surface area contributed by atoms with E-state index in [9.17, 15) is 14.9 Å². The number of thioether (sulfide) groups is 1. The van der Waals surface area contributed by atoms with E-state index >= 15 is 0 Å². The van der Waals surface area contributed by atoms with Crippen molar-refractivity contribution in [2.75, 3.05) is 6.26 Å². The van der Waals surface area contributed by atoms with Gasteiger partial charge in [0.1, 0.15) is 10.6 Å². The van der Waals surface area contributed by atoms with Gasteiger partial charge < -0.3 is 10.1 Å². The number of aromatic nitrogens is 1. The average molecular weight is 335 g/mol. The normalized spacial score (nSPS) is 14.5. The number of ether oxygens (including phenoxy) is 1. The highest BCUT2D eigenvalue weighted by molar-refractivity contribution is 7.98. The second-order valence-corrected chi connectivity index (χ2v) is 6.36. The number of carbonyl (C=O) groups excluding carboxylic acids is 2. The van der Waals surface area contributed by atoms with Crippen LogP contribution in [0.4, 0.5) is 0 Å². The highest BCUT2D eigenvalue weighted by Crippen LogP contribution is 2.19. The van der Waals surface area contributed by atoms with Gasteiger partial charge in [-0.1, -0.05) is 13.8 Å². The molecule has 0 saturated carbocycles. The van der Waals surface area contributed by atoms with Crippen LogP contribution in [0.25, 0.3) is 0 Å². The molecule has 0 aliphatic rings. The molecule has 2 unspecified atom stereocenters. The van der Waals surface area contributed by atoms with Gasteiger partial charge in [-0.15, -0.1) is 11.8 Å². The summed E-state index contributed by atoms with van der Waals surface area (Å²) in [7, 11) is 0. The second-order valence-electron chi connectivity index (χ2n) is 5.57. The zero-order valence-corrected chi connectivity index (χ0v) is 14.7. The van der Waals surface area contributed by atoms with Gasteiger partial charge in [0.05, 0.1) is 11.6 Å². The van der Waals surface area contributed by atoms with E-state index in [1.807, 2.05) is 13.8 Å². The molecule has 6 nitrogen and oxygen atoms in total. The number of nitrogens with one attached hydrogen (secondary N) is 1. The molecule has 0 aliphatic carbocycles. The SMILES string of the molecule is CSc1ncccc1C(=O)OC(C)C(=O)NC(C)(C#N)C(C)C. The lowest BCUT2D eigenvalue weighted by atomic mass is 9.90. The summed E-state index contributed by atoms with van der Waals surface area (Å²) in [5.74, 6) is -1.21. The van der Waals surface area contributed by atoms with Crippen molar-refractivity contribution in [1.82, 2.24) is 10.3 Å². The number of pyridine rings is 1. The second kappa shape index (κ2) is 7.97. The Morgan fingerprint density at radius 3 is 2.61 bits per heavy atom. The molecule has 0 aliphatic heterocycles. The molecular weight excluding hydrogens is 314 g/mol. The van der Waals surface area contributed by atoms with Crippen LogP contribution in [0.1, 0.15) is 38.1 Å². The van der Waals surface area contributed by atoms with E-state index in [4.69, 9.17) is 4.74 Å². The van der Waals surface area contributed by atoms with Gasteiger partial charge in [0, 0.05) is 6.20 Å². The molecule has 0 spiro atoms. The van der Waals surface area contributed by atoms with Crippen molar-refractivity contribution in [3.63, 3.8) is 0 Å². The number of hydrogen-bond donors (Lipinski definition) is 1. The number of carbonyl (C=O) groups is 2. The van der Waals surface area contributed by atoms with Crippen molar-refractivity contribution in [3.05, 3.63) is 23.9 Å². The van der Waals surface area contributed by atoms with Gasteiger partial charge in [0.25, 0.3) is 5.91 Å². The smallest absolute Gasteiger partial charge is 0.341 e. The predicted octanol–water partition coefficient (Wildman–Crippen LogP) is 2.40. The van der Waals surface area contributed by atoms with Crippen LogP contribution in [0.5, 0.6) is 0 Å². The fraction of sp³-hybridized carbons (Fsp3) is 0.500. The van der Waals surface area contributed by atoms with Crippen LogP contribution >= 0.6 is 11.8 Å². The maximum atomic E-state index is 12.2. The van der Waals surface area contributed by atoms with E-state index in [2.05, 4.69) is 16.4 Å². The molecule has 1 heterocycles. The maximum Gasteiger partial charge on any atom is 0.341 e. The Labute approximate surface area is 140 Å². The fourth-order valence-corrected chi connectivity index (χ4v) is 2.18. The highest BCUT2D eigenvalue weighted by Gasteiger charge is 2.32. The van der Waals surface area contributed by atoms with Crippen LogP contribution in [-0.4, -0.2) is 34.8 Å². The zero-order valence-electron chi connectivity index (χ0n) is 13.9. The van der Waals surface area contributed by atoms with Crippen molar-refractivity contribution >= 4 is 23.6 Å². The molecule has 0 fully saturated rings. The predicted molar refractivity (Wildman–Crippen MR) is 87.9 cm³/mol. The number of nitriles is 1. The van der Waals surface area contributed by atoms with Crippen molar-refractivity contribution in [2.45, 2.75) is 44.4 Å². The molecule has 1 rings (SSSR count). The highest BCUT2D eigenvalue weighted by atomic mass is 32.2. The third kappa shape index (κ3) is 4.70. The summed E-state index contributed by atoms with van der Waals surface area (Å²) in [5, 5.41) is 12.4. The Balaban J connectivity index is 2.79. The minimum Gasteiger partial charge on any atom is -0.449 e. The molecule has 0 radical (unpaired) electrons. The van der Waals surface area contributed by atoms with Crippen molar-refractivity contribution in [3.8, 4) is 6.07 Å². The Bertz CT molecular complexity index is 627. The number of hydrogen-bond acceptors (Lipinski definition) is 6. The minimum absolute atomic E-state index is 0.0826. The monoisotopic (exact) mass is 335 g/mol. The van der Waals surface area contributed by atoms with Gasteiger partial charge in [-0.3, -0.25) is 4.79 Å². The number of esters is 1. The molecule has 7 heteroatoms. The molecule has 1 aromatic heterocycles. The van der Waals surface area contributed by atoms with Gasteiger partial charge in [-0.2, -0.15) is 5.26 Å². The van der Waals surface area contributed by atoms with E-state index in [-0.39, 0.29) is 5.92 Å². The van der Waals surface area contributed by atoms with E-state index < -0.39 is 23.5 Å². The van der Waals surface area contributed by atoms with Crippen LogP contribution in [0, 0.1) is 17.2 Å². The van der Waals surface area contributed by atoms with E-state index in [0.29, 0.717) is 10.6 Å². The first-order chi connectivity index (χ1) is 10.7. The van der Waals surface area contributed by atoms with Crippen molar-refractivity contribution < 1.29 is 14.3 Å². The van der Waals surface area contributed by atoms with Gasteiger partial charge in [-0.25, -0.2) is 9.78 Å². The Hall–Kier alpha value is -2.07.